The lowest BCUT2D eigenvalue weighted by molar-refractivity contribution is -0.131. The average molecular weight is 454 g/mol. The molecule has 0 spiro atoms. The number of nitrogens with one attached hydrogen (secondary N) is 1. The van der Waals surface area contributed by atoms with Crippen molar-refractivity contribution in [2.75, 3.05) is 11.5 Å². The summed E-state index contributed by atoms with van der Waals surface area (Å²) in [7, 11) is 0. The Bertz CT molecular complexity index is 1140. The van der Waals surface area contributed by atoms with Crippen LogP contribution in [0.4, 0.5) is 15.5 Å². The summed E-state index contributed by atoms with van der Waals surface area (Å²) >= 11 is 1.39. The number of carbonyl (C=O) groups is 4. The Labute approximate surface area is 189 Å². The number of aliphatic imine (C=N–C) groups is 1. The van der Waals surface area contributed by atoms with Crippen LogP contribution in [0, 0.1) is 12.8 Å². The number of barbiturate groups is 1. The largest absolute Gasteiger partial charge is 0.462 e. The van der Waals surface area contributed by atoms with Gasteiger partial charge in [-0.15, -0.1) is 11.3 Å². The van der Waals surface area contributed by atoms with Crippen LogP contribution in [0.2, 0.25) is 0 Å². The van der Waals surface area contributed by atoms with E-state index in [-0.39, 0.29) is 6.61 Å². The first-order chi connectivity index (χ1) is 15.4. The number of hydrogen-bond acceptors (Lipinski definition) is 7. The van der Waals surface area contributed by atoms with E-state index in [9.17, 15) is 19.2 Å². The van der Waals surface area contributed by atoms with Crippen LogP contribution in [-0.4, -0.2) is 36.6 Å². The summed E-state index contributed by atoms with van der Waals surface area (Å²) in [5, 5.41) is 2.65. The van der Waals surface area contributed by atoms with Gasteiger partial charge in [0, 0.05) is 11.1 Å². The average Bonchev–Trinajstić information content (AvgIpc) is 3.13. The van der Waals surface area contributed by atoms with Gasteiger partial charge in [-0.3, -0.25) is 14.9 Å². The van der Waals surface area contributed by atoms with Crippen LogP contribution in [-0.2, 0) is 27.2 Å². The van der Waals surface area contributed by atoms with Crippen LogP contribution >= 0.6 is 11.3 Å². The fraction of sp³-hybridized carbons (Fsp3) is 0.348. The van der Waals surface area contributed by atoms with Crippen molar-refractivity contribution in [3.8, 4) is 0 Å². The molecule has 4 rings (SSSR count). The number of esters is 1. The lowest BCUT2D eigenvalue weighted by Crippen LogP contribution is -2.58. The number of imide groups is 2. The van der Waals surface area contributed by atoms with E-state index in [1.807, 2.05) is 0 Å². The monoisotopic (exact) mass is 453 g/mol. The molecule has 32 heavy (non-hydrogen) atoms. The Morgan fingerprint density at radius 3 is 2.75 bits per heavy atom. The Morgan fingerprint density at radius 2 is 2.00 bits per heavy atom. The highest BCUT2D eigenvalue weighted by Gasteiger charge is 2.41. The predicted octanol–water partition coefficient (Wildman–Crippen LogP) is 3.71. The highest BCUT2D eigenvalue weighted by atomic mass is 32.1. The molecular formula is C23H23N3O5S. The minimum Gasteiger partial charge on any atom is -0.462 e. The number of nitrogens with zero attached hydrogens (tertiary/aromatic N) is 2. The van der Waals surface area contributed by atoms with Gasteiger partial charge in [-0.1, -0.05) is 18.2 Å². The van der Waals surface area contributed by atoms with E-state index in [0.29, 0.717) is 16.3 Å². The number of hydrogen-bond donors (Lipinski definition) is 1. The van der Waals surface area contributed by atoms with Crippen molar-refractivity contribution in [1.82, 2.24) is 5.32 Å². The molecule has 1 aromatic heterocycles. The molecule has 0 unspecified atom stereocenters. The van der Waals surface area contributed by atoms with Crippen molar-refractivity contribution in [2.24, 2.45) is 10.9 Å². The van der Waals surface area contributed by atoms with Crippen LogP contribution in [0.3, 0.4) is 0 Å². The van der Waals surface area contributed by atoms with Crippen LogP contribution in [0.15, 0.2) is 29.3 Å². The fourth-order valence-corrected chi connectivity index (χ4v) is 5.19. The quantitative estimate of drug-likeness (QED) is 0.422. The van der Waals surface area contributed by atoms with E-state index < -0.39 is 29.7 Å². The van der Waals surface area contributed by atoms with Crippen LogP contribution in [0.1, 0.15) is 46.1 Å². The number of rotatable bonds is 5. The van der Waals surface area contributed by atoms with Crippen molar-refractivity contribution >= 4 is 52.1 Å². The Morgan fingerprint density at radius 1 is 1.25 bits per heavy atom. The number of ether oxygens (including phenoxy) is 1. The molecule has 1 aliphatic heterocycles. The molecule has 9 heteroatoms. The van der Waals surface area contributed by atoms with Crippen LogP contribution in [0.5, 0.6) is 0 Å². The smallest absolute Gasteiger partial charge is 0.341 e. The Hall–Kier alpha value is -3.33. The SMILES string of the molecule is CCOC(=O)c1c(N=C[C@H]2C(=O)NC(=O)N(c3ccccc3C)C2=O)sc2c1CCCC2. The molecule has 2 aliphatic rings. The molecule has 0 saturated carbocycles. The molecule has 2 heterocycles. The Kier molecular flexibility index (Phi) is 6.18. The van der Waals surface area contributed by atoms with Gasteiger partial charge in [-0.05, 0) is 56.7 Å². The number of thiophene rings is 1. The third-order valence-corrected chi connectivity index (χ3v) is 6.73. The van der Waals surface area contributed by atoms with Crippen molar-refractivity contribution in [1.29, 1.82) is 0 Å². The molecule has 1 fully saturated rings. The summed E-state index contributed by atoms with van der Waals surface area (Å²) in [5.41, 5.74) is 2.48. The van der Waals surface area contributed by atoms with E-state index in [1.165, 1.54) is 17.6 Å². The summed E-state index contributed by atoms with van der Waals surface area (Å²) in [5.74, 6) is -3.17. The number of aryl methyl sites for hydroxylation is 2. The number of para-hydroxylation sites is 1. The molecule has 2 aromatic rings. The number of benzene rings is 1. The second-order valence-corrected chi connectivity index (χ2v) is 8.71. The lowest BCUT2D eigenvalue weighted by Gasteiger charge is -2.29. The van der Waals surface area contributed by atoms with Gasteiger partial charge in [-0.25, -0.2) is 19.5 Å². The van der Waals surface area contributed by atoms with E-state index in [0.717, 1.165) is 46.6 Å². The summed E-state index contributed by atoms with van der Waals surface area (Å²) < 4.78 is 5.22. The zero-order valence-corrected chi connectivity index (χ0v) is 18.7. The van der Waals surface area contributed by atoms with Gasteiger partial charge in [0.15, 0.2) is 5.92 Å². The normalized spacial score (nSPS) is 18.6. The summed E-state index contributed by atoms with van der Waals surface area (Å²) in [6.45, 7) is 3.75. The molecule has 0 radical (unpaired) electrons. The zero-order chi connectivity index (χ0) is 22.8. The summed E-state index contributed by atoms with van der Waals surface area (Å²) in [6, 6.07) is 6.13. The van der Waals surface area contributed by atoms with E-state index >= 15 is 0 Å². The molecule has 1 saturated heterocycles. The highest BCUT2D eigenvalue weighted by Crippen LogP contribution is 2.40. The van der Waals surface area contributed by atoms with Crippen molar-refractivity contribution < 1.29 is 23.9 Å². The maximum atomic E-state index is 13.1. The van der Waals surface area contributed by atoms with Crippen molar-refractivity contribution in [2.45, 2.75) is 39.5 Å². The van der Waals surface area contributed by atoms with Gasteiger partial charge in [0.05, 0.1) is 17.9 Å². The van der Waals surface area contributed by atoms with Gasteiger partial charge in [0.1, 0.15) is 5.00 Å². The van der Waals surface area contributed by atoms with E-state index in [4.69, 9.17) is 4.74 Å². The third-order valence-electron chi connectivity index (χ3n) is 5.53. The number of urea groups is 1. The molecule has 1 atom stereocenters. The fourth-order valence-electron chi connectivity index (χ4n) is 3.96. The maximum Gasteiger partial charge on any atom is 0.341 e. The number of anilines is 1. The maximum absolute atomic E-state index is 13.1. The minimum absolute atomic E-state index is 0.240. The molecule has 166 valence electrons. The molecule has 8 nitrogen and oxygen atoms in total. The predicted molar refractivity (Wildman–Crippen MR) is 121 cm³/mol. The van der Waals surface area contributed by atoms with Gasteiger partial charge < -0.3 is 4.74 Å². The minimum atomic E-state index is -1.29. The molecule has 1 N–H and O–H groups in total. The molecule has 0 bridgehead atoms. The number of amides is 4. The number of fused-ring (bicyclic) bond motifs is 1. The van der Waals surface area contributed by atoms with Gasteiger partial charge in [0.25, 0.3) is 5.91 Å². The zero-order valence-electron chi connectivity index (χ0n) is 17.8. The van der Waals surface area contributed by atoms with E-state index in [2.05, 4.69) is 10.3 Å². The molecule has 1 aromatic carbocycles. The first kappa shape index (κ1) is 21.9. The van der Waals surface area contributed by atoms with Crippen LogP contribution < -0.4 is 10.2 Å². The van der Waals surface area contributed by atoms with Crippen LogP contribution in [0.25, 0.3) is 0 Å². The van der Waals surface area contributed by atoms with Crippen molar-refractivity contribution in [3.05, 3.63) is 45.8 Å². The van der Waals surface area contributed by atoms with Gasteiger partial charge in [-0.2, -0.15) is 0 Å². The van der Waals surface area contributed by atoms with Gasteiger partial charge in [0.2, 0.25) is 5.91 Å². The first-order valence-electron chi connectivity index (χ1n) is 10.5. The topological polar surface area (TPSA) is 105 Å². The standard InChI is InChI=1S/C23H23N3O5S/c1-3-31-22(29)18-14-9-5-7-11-17(14)32-20(18)24-12-15-19(27)25-23(30)26(21(15)28)16-10-6-4-8-13(16)2/h4,6,8,10,12,15H,3,5,7,9,11H2,1-2H3,(H,25,27,30)/t15-/m0/s1. The second-order valence-electron chi connectivity index (χ2n) is 7.62. The summed E-state index contributed by atoms with van der Waals surface area (Å²) in [4.78, 5) is 57.0. The Balaban J connectivity index is 1.68. The second kappa shape index (κ2) is 9.04. The lowest BCUT2D eigenvalue weighted by atomic mass is 9.95. The number of carbonyl (C=O) groups excluding carboxylic acids is 4. The highest BCUT2D eigenvalue weighted by molar-refractivity contribution is 7.16. The first-order valence-corrected chi connectivity index (χ1v) is 11.3. The van der Waals surface area contributed by atoms with Crippen molar-refractivity contribution in [3.63, 3.8) is 0 Å². The van der Waals surface area contributed by atoms with Gasteiger partial charge >= 0.3 is 12.0 Å². The summed E-state index contributed by atoms with van der Waals surface area (Å²) in [6.07, 6.45) is 4.87. The molecule has 1 aliphatic carbocycles. The molecular weight excluding hydrogens is 430 g/mol. The van der Waals surface area contributed by atoms with E-state index in [1.54, 1.807) is 38.1 Å². The molecule has 4 amide bonds. The third kappa shape index (κ3) is 3.95.